The molecular formula is C27H24FNO3. The monoisotopic (exact) mass is 429 g/mol. The van der Waals surface area contributed by atoms with Crippen LogP contribution in [0.25, 0.3) is 6.08 Å². The Morgan fingerprint density at radius 1 is 1.06 bits per heavy atom. The third-order valence-corrected chi connectivity index (χ3v) is 5.97. The van der Waals surface area contributed by atoms with E-state index in [1.807, 2.05) is 56.3 Å². The van der Waals surface area contributed by atoms with Crippen LogP contribution >= 0.6 is 0 Å². The van der Waals surface area contributed by atoms with Crippen LogP contribution in [0.5, 0.6) is 11.5 Å². The van der Waals surface area contributed by atoms with E-state index in [-0.39, 0.29) is 11.6 Å². The second-order valence-corrected chi connectivity index (χ2v) is 8.42. The lowest BCUT2D eigenvalue weighted by Gasteiger charge is -2.30. The highest BCUT2D eigenvalue weighted by Crippen LogP contribution is 2.43. The van der Waals surface area contributed by atoms with Crippen molar-refractivity contribution in [3.8, 4) is 11.5 Å². The molecule has 5 heteroatoms. The second-order valence-electron chi connectivity index (χ2n) is 8.42. The fourth-order valence-corrected chi connectivity index (χ4v) is 4.29. The van der Waals surface area contributed by atoms with Crippen molar-refractivity contribution in [2.75, 3.05) is 13.3 Å². The fourth-order valence-electron chi connectivity index (χ4n) is 4.29. The van der Waals surface area contributed by atoms with E-state index in [9.17, 15) is 9.18 Å². The number of aryl methyl sites for hydroxylation is 1. The number of fused-ring (bicyclic) bond motifs is 2. The average molecular weight is 429 g/mol. The summed E-state index contributed by atoms with van der Waals surface area (Å²) >= 11 is 0. The number of ketones is 1. The summed E-state index contributed by atoms with van der Waals surface area (Å²) in [6.07, 6.45) is 2.60. The van der Waals surface area contributed by atoms with Gasteiger partial charge in [0.25, 0.3) is 0 Å². The first-order valence-electron chi connectivity index (χ1n) is 10.7. The van der Waals surface area contributed by atoms with Gasteiger partial charge in [-0.1, -0.05) is 42.0 Å². The van der Waals surface area contributed by atoms with E-state index in [1.165, 1.54) is 12.1 Å². The summed E-state index contributed by atoms with van der Waals surface area (Å²) < 4.78 is 25.2. The van der Waals surface area contributed by atoms with Gasteiger partial charge in [-0.15, -0.1) is 0 Å². The van der Waals surface area contributed by atoms with Crippen LogP contribution in [0, 0.1) is 19.7 Å². The van der Waals surface area contributed by atoms with Crippen molar-refractivity contribution in [2.24, 2.45) is 0 Å². The minimum atomic E-state index is -0.226. The molecule has 0 bridgehead atoms. The standard InChI is InChI=1S/C27H24FNO3/c1-17-4-3-5-20(12-17)13-24-25(30)23-14-21-15-29(11-10-19-6-8-22(28)9-7-19)16-31-26(21)18(2)27(23)32-24/h3-9,12-14H,10-11,15-16H2,1-2H3/b24-13-. The number of allylic oxidation sites excluding steroid dienone is 1. The Kier molecular flexibility index (Phi) is 5.27. The number of ether oxygens (including phenoxy) is 2. The van der Waals surface area contributed by atoms with Gasteiger partial charge in [0.05, 0.1) is 5.56 Å². The zero-order valence-corrected chi connectivity index (χ0v) is 18.2. The number of nitrogens with zero attached hydrogens (tertiary/aromatic N) is 1. The van der Waals surface area contributed by atoms with Gasteiger partial charge >= 0.3 is 0 Å². The third kappa shape index (κ3) is 3.92. The number of rotatable bonds is 4. The highest BCUT2D eigenvalue weighted by atomic mass is 19.1. The minimum Gasteiger partial charge on any atom is -0.477 e. The van der Waals surface area contributed by atoms with E-state index in [0.717, 1.165) is 46.5 Å². The summed E-state index contributed by atoms with van der Waals surface area (Å²) in [5.41, 5.74) is 5.58. The molecule has 0 saturated heterocycles. The van der Waals surface area contributed by atoms with Gasteiger partial charge in [0.2, 0.25) is 5.78 Å². The van der Waals surface area contributed by atoms with Gasteiger partial charge in [-0.2, -0.15) is 0 Å². The van der Waals surface area contributed by atoms with Crippen molar-refractivity contribution in [2.45, 2.75) is 26.8 Å². The maximum atomic E-state index is 13.1. The molecule has 162 valence electrons. The number of hydrogen-bond acceptors (Lipinski definition) is 4. The molecule has 2 heterocycles. The smallest absolute Gasteiger partial charge is 0.231 e. The molecule has 0 unspecified atom stereocenters. The van der Waals surface area contributed by atoms with Gasteiger partial charge in [0.15, 0.2) is 5.76 Å². The zero-order valence-electron chi connectivity index (χ0n) is 18.2. The summed E-state index contributed by atoms with van der Waals surface area (Å²) in [6, 6.07) is 16.5. The largest absolute Gasteiger partial charge is 0.477 e. The van der Waals surface area contributed by atoms with Gasteiger partial charge in [-0.05, 0) is 55.7 Å². The molecule has 0 spiro atoms. The number of benzene rings is 3. The van der Waals surface area contributed by atoms with Crippen molar-refractivity contribution in [3.05, 3.63) is 99.6 Å². The predicted octanol–water partition coefficient (Wildman–Crippen LogP) is 5.45. The fraction of sp³-hybridized carbons (Fsp3) is 0.222. The van der Waals surface area contributed by atoms with Gasteiger partial charge in [0, 0.05) is 24.2 Å². The van der Waals surface area contributed by atoms with Crippen molar-refractivity contribution in [1.82, 2.24) is 4.90 Å². The topological polar surface area (TPSA) is 38.8 Å². The Balaban J connectivity index is 1.36. The Labute approximate surface area is 186 Å². The van der Waals surface area contributed by atoms with Crippen LogP contribution in [0.1, 0.15) is 38.2 Å². The summed E-state index contributed by atoms with van der Waals surface area (Å²) in [5, 5.41) is 0. The average Bonchev–Trinajstić information content (AvgIpc) is 3.09. The van der Waals surface area contributed by atoms with E-state index in [4.69, 9.17) is 9.47 Å². The molecule has 2 aliphatic heterocycles. The highest BCUT2D eigenvalue weighted by Gasteiger charge is 2.33. The minimum absolute atomic E-state index is 0.101. The summed E-state index contributed by atoms with van der Waals surface area (Å²) in [4.78, 5) is 15.2. The molecule has 2 aliphatic rings. The van der Waals surface area contributed by atoms with Crippen molar-refractivity contribution in [1.29, 1.82) is 0 Å². The molecule has 32 heavy (non-hydrogen) atoms. The molecule has 0 N–H and O–H groups in total. The Morgan fingerprint density at radius 3 is 2.66 bits per heavy atom. The molecule has 0 amide bonds. The molecule has 0 atom stereocenters. The highest BCUT2D eigenvalue weighted by molar-refractivity contribution is 6.15. The van der Waals surface area contributed by atoms with E-state index >= 15 is 0 Å². The van der Waals surface area contributed by atoms with Gasteiger partial charge in [-0.3, -0.25) is 9.69 Å². The van der Waals surface area contributed by atoms with Crippen LogP contribution in [0.15, 0.2) is 60.4 Å². The summed E-state index contributed by atoms with van der Waals surface area (Å²) in [7, 11) is 0. The van der Waals surface area contributed by atoms with Crippen LogP contribution in [0.4, 0.5) is 4.39 Å². The number of carbonyl (C=O) groups excluding carboxylic acids is 1. The van der Waals surface area contributed by atoms with Crippen LogP contribution in [-0.2, 0) is 13.0 Å². The molecule has 0 fully saturated rings. The van der Waals surface area contributed by atoms with E-state index < -0.39 is 0 Å². The maximum absolute atomic E-state index is 13.1. The number of Topliss-reactive ketones (excluding diaryl/α,β-unsaturated/α-hetero) is 1. The van der Waals surface area contributed by atoms with Crippen LogP contribution in [0.2, 0.25) is 0 Å². The first-order valence-corrected chi connectivity index (χ1v) is 10.7. The Bertz CT molecular complexity index is 1230. The lowest BCUT2D eigenvalue weighted by molar-refractivity contribution is 0.0954. The molecule has 4 nitrogen and oxygen atoms in total. The number of carbonyl (C=O) groups is 1. The van der Waals surface area contributed by atoms with Crippen molar-refractivity contribution >= 4 is 11.9 Å². The van der Waals surface area contributed by atoms with E-state index in [0.29, 0.717) is 30.3 Å². The first kappa shape index (κ1) is 20.5. The predicted molar refractivity (Wildman–Crippen MR) is 121 cm³/mol. The lowest BCUT2D eigenvalue weighted by atomic mass is 9.99. The first-order chi connectivity index (χ1) is 15.5. The number of hydrogen-bond donors (Lipinski definition) is 0. The normalized spacial score (nSPS) is 16.5. The Morgan fingerprint density at radius 2 is 1.88 bits per heavy atom. The number of halogens is 1. The summed E-state index contributed by atoms with van der Waals surface area (Å²) in [5.74, 6) is 1.40. The molecular weight excluding hydrogens is 405 g/mol. The SMILES string of the molecule is Cc1cccc(/C=C2\Oc3c(cc4c(c3C)OCN(CCc3ccc(F)cc3)C4)C2=O)c1. The molecule has 0 aromatic heterocycles. The van der Waals surface area contributed by atoms with Crippen molar-refractivity contribution < 1.29 is 18.7 Å². The second kappa shape index (κ2) is 8.24. The lowest BCUT2D eigenvalue weighted by Crippen LogP contribution is -2.34. The molecule has 0 aliphatic carbocycles. The van der Waals surface area contributed by atoms with E-state index in [1.54, 1.807) is 6.08 Å². The van der Waals surface area contributed by atoms with Gasteiger partial charge < -0.3 is 9.47 Å². The van der Waals surface area contributed by atoms with Crippen molar-refractivity contribution in [3.63, 3.8) is 0 Å². The molecule has 3 aromatic carbocycles. The summed E-state index contributed by atoms with van der Waals surface area (Å²) in [6.45, 7) is 5.90. The zero-order chi connectivity index (χ0) is 22.2. The maximum Gasteiger partial charge on any atom is 0.231 e. The van der Waals surface area contributed by atoms with Crippen LogP contribution < -0.4 is 9.47 Å². The van der Waals surface area contributed by atoms with Crippen LogP contribution in [-0.4, -0.2) is 24.0 Å². The Hall–Kier alpha value is -3.44. The van der Waals surface area contributed by atoms with Gasteiger partial charge in [0.1, 0.15) is 24.0 Å². The molecule has 0 saturated carbocycles. The quantitative estimate of drug-likeness (QED) is 0.517. The van der Waals surface area contributed by atoms with Crippen LogP contribution in [0.3, 0.4) is 0 Å². The molecule has 0 radical (unpaired) electrons. The molecule has 5 rings (SSSR count). The molecule has 3 aromatic rings. The third-order valence-electron chi connectivity index (χ3n) is 5.97. The van der Waals surface area contributed by atoms with Gasteiger partial charge in [-0.25, -0.2) is 4.39 Å². The van der Waals surface area contributed by atoms with E-state index in [2.05, 4.69) is 4.90 Å².